The number of amides is 1. The molecule has 1 amide bonds. The Hall–Kier alpha value is -0.770. The lowest BCUT2D eigenvalue weighted by atomic mass is 9.96. The lowest BCUT2D eigenvalue weighted by molar-refractivity contribution is 0.0266. The molecule has 7 nitrogen and oxygen atoms in total. The van der Waals surface area contributed by atoms with E-state index in [0.717, 1.165) is 25.3 Å². The Morgan fingerprint density at radius 1 is 1.31 bits per heavy atom. The second kappa shape index (κ2) is 10.5. The first-order chi connectivity index (χ1) is 11.8. The van der Waals surface area contributed by atoms with Crippen LogP contribution in [0, 0.1) is 0 Å². The molecule has 2 fully saturated rings. The van der Waals surface area contributed by atoms with Crippen molar-refractivity contribution in [3.63, 3.8) is 0 Å². The summed E-state index contributed by atoms with van der Waals surface area (Å²) in [5.74, 6) is 0.795. The summed E-state index contributed by atoms with van der Waals surface area (Å²) in [6.07, 6.45) is 3.79. The van der Waals surface area contributed by atoms with E-state index in [1.165, 1.54) is 6.42 Å². The number of likely N-dealkylation sites (N-methyl/N-ethyl adjacent to an activating group) is 1. The first kappa shape index (κ1) is 23.3. The number of halogens is 1. The van der Waals surface area contributed by atoms with Gasteiger partial charge >= 0.3 is 6.09 Å². The number of ether oxygens (including phenoxy) is 2. The maximum absolute atomic E-state index is 12.2. The topological polar surface area (TPSA) is 75.2 Å². The van der Waals surface area contributed by atoms with Crippen LogP contribution in [0.5, 0.6) is 0 Å². The van der Waals surface area contributed by atoms with Crippen molar-refractivity contribution < 1.29 is 14.3 Å². The molecular formula is C18H35IN4O3. The molecule has 2 rings (SSSR count). The third-order valence-electron chi connectivity index (χ3n) is 4.45. The average Bonchev–Trinajstić information content (AvgIpc) is 3.12. The van der Waals surface area contributed by atoms with Crippen LogP contribution in [0.15, 0.2) is 4.99 Å². The van der Waals surface area contributed by atoms with Crippen molar-refractivity contribution in [3.05, 3.63) is 0 Å². The van der Waals surface area contributed by atoms with Crippen molar-refractivity contribution in [3.8, 4) is 0 Å². The van der Waals surface area contributed by atoms with Crippen molar-refractivity contribution in [2.75, 3.05) is 26.2 Å². The minimum atomic E-state index is -0.480. The number of nitrogens with zero attached hydrogens (tertiary/aromatic N) is 2. The summed E-state index contributed by atoms with van der Waals surface area (Å²) in [5, 5.41) is 6.76. The van der Waals surface area contributed by atoms with Crippen molar-refractivity contribution >= 4 is 36.0 Å². The highest BCUT2D eigenvalue weighted by atomic mass is 127. The van der Waals surface area contributed by atoms with E-state index in [0.29, 0.717) is 37.9 Å². The standard InChI is InChI=1S/C18H34N4O3.HI/c1-6-19-16(21-14-12-13-8-9-15(14)24-13)20-10-11-22(7-2)17(23)25-18(3,4)5;/h13-15H,6-12H2,1-5H3,(H2,19,20,21);1H. The van der Waals surface area contributed by atoms with Gasteiger partial charge in [0.15, 0.2) is 5.96 Å². The van der Waals surface area contributed by atoms with Crippen LogP contribution in [0.4, 0.5) is 4.79 Å². The van der Waals surface area contributed by atoms with E-state index in [4.69, 9.17) is 9.47 Å². The zero-order valence-electron chi connectivity index (χ0n) is 16.7. The molecule has 2 N–H and O–H groups in total. The van der Waals surface area contributed by atoms with Gasteiger partial charge in [-0.3, -0.25) is 4.99 Å². The fourth-order valence-corrected chi connectivity index (χ4v) is 3.27. The molecule has 3 unspecified atom stereocenters. The summed E-state index contributed by atoms with van der Waals surface area (Å²) >= 11 is 0. The highest BCUT2D eigenvalue weighted by molar-refractivity contribution is 14.0. The third kappa shape index (κ3) is 7.09. The number of nitrogens with one attached hydrogen (secondary N) is 2. The Balaban J connectivity index is 0.00000338. The van der Waals surface area contributed by atoms with Gasteiger partial charge in [0, 0.05) is 19.6 Å². The zero-order valence-corrected chi connectivity index (χ0v) is 19.0. The summed E-state index contributed by atoms with van der Waals surface area (Å²) in [5.41, 5.74) is -0.480. The highest BCUT2D eigenvalue weighted by Gasteiger charge is 2.41. The van der Waals surface area contributed by atoms with E-state index < -0.39 is 5.60 Å². The van der Waals surface area contributed by atoms with Crippen LogP contribution in [0.2, 0.25) is 0 Å². The Kier molecular flexibility index (Phi) is 9.43. The van der Waals surface area contributed by atoms with Crippen molar-refractivity contribution in [1.29, 1.82) is 0 Å². The number of guanidine groups is 1. The van der Waals surface area contributed by atoms with Gasteiger partial charge in [-0.05, 0) is 53.9 Å². The molecule has 2 heterocycles. The smallest absolute Gasteiger partial charge is 0.410 e. The quantitative estimate of drug-likeness (QED) is 0.346. The van der Waals surface area contributed by atoms with E-state index in [-0.39, 0.29) is 30.1 Å². The van der Waals surface area contributed by atoms with Gasteiger partial charge in [0.1, 0.15) is 5.60 Å². The molecule has 0 aromatic rings. The Bertz CT molecular complexity index is 482. The Morgan fingerprint density at radius 2 is 2.04 bits per heavy atom. The second-order valence-corrected chi connectivity index (χ2v) is 7.68. The second-order valence-electron chi connectivity index (χ2n) is 7.68. The number of fused-ring (bicyclic) bond motifs is 2. The first-order valence-corrected chi connectivity index (χ1v) is 9.50. The van der Waals surface area contributed by atoms with Crippen LogP contribution in [0.25, 0.3) is 0 Å². The average molecular weight is 482 g/mol. The van der Waals surface area contributed by atoms with Gasteiger partial charge in [-0.15, -0.1) is 24.0 Å². The molecule has 26 heavy (non-hydrogen) atoms. The molecule has 2 saturated heterocycles. The predicted octanol–water partition coefficient (Wildman–Crippen LogP) is 2.74. The molecule has 0 radical (unpaired) electrons. The Labute approximate surface area is 174 Å². The van der Waals surface area contributed by atoms with Crippen LogP contribution >= 0.6 is 24.0 Å². The number of carbonyl (C=O) groups excluding carboxylic acids is 1. The molecular weight excluding hydrogens is 447 g/mol. The van der Waals surface area contributed by atoms with Crippen molar-refractivity contribution in [1.82, 2.24) is 15.5 Å². The maximum Gasteiger partial charge on any atom is 0.410 e. The zero-order chi connectivity index (χ0) is 18.4. The fraction of sp³-hybridized carbons (Fsp3) is 0.889. The van der Waals surface area contributed by atoms with Crippen molar-refractivity contribution in [2.24, 2.45) is 4.99 Å². The molecule has 2 bridgehead atoms. The molecule has 0 saturated carbocycles. The highest BCUT2D eigenvalue weighted by Crippen LogP contribution is 2.34. The van der Waals surface area contributed by atoms with Gasteiger partial charge < -0.3 is 25.0 Å². The van der Waals surface area contributed by atoms with E-state index in [1.54, 1.807) is 4.90 Å². The molecule has 152 valence electrons. The van der Waals surface area contributed by atoms with Crippen LogP contribution in [-0.4, -0.2) is 67.0 Å². The van der Waals surface area contributed by atoms with Crippen LogP contribution in [-0.2, 0) is 9.47 Å². The molecule has 0 aliphatic carbocycles. The summed E-state index contributed by atoms with van der Waals surface area (Å²) in [6, 6.07) is 0.338. The SMILES string of the molecule is CCNC(=NCCN(CC)C(=O)OC(C)(C)C)NC1CC2CCC1O2.I. The van der Waals surface area contributed by atoms with Gasteiger partial charge in [0.25, 0.3) is 0 Å². The first-order valence-electron chi connectivity index (χ1n) is 9.50. The van der Waals surface area contributed by atoms with Gasteiger partial charge in [-0.1, -0.05) is 0 Å². The molecule has 3 atom stereocenters. The van der Waals surface area contributed by atoms with E-state index in [2.05, 4.69) is 15.6 Å². The third-order valence-corrected chi connectivity index (χ3v) is 4.45. The van der Waals surface area contributed by atoms with Crippen LogP contribution in [0.3, 0.4) is 0 Å². The minimum Gasteiger partial charge on any atom is -0.444 e. The fourth-order valence-electron chi connectivity index (χ4n) is 3.27. The number of hydrogen-bond acceptors (Lipinski definition) is 4. The molecule has 0 aromatic heterocycles. The number of rotatable bonds is 6. The largest absolute Gasteiger partial charge is 0.444 e. The van der Waals surface area contributed by atoms with Gasteiger partial charge in [-0.2, -0.15) is 0 Å². The molecule has 2 aliphatic rings. The minimum absolute atomic E-state index is 0. The lowest BCUT2D eigenvalue weighted by Gasteiger charge is -2.26. The van der Waals surface area contributed by atoms with Gasteiger partial charge in [0.05, 0.1) is 24.8 Å². The molecule has 0 spiro atoms. The van der Waals surface area contributed by atoms with Gasteiger partial charge in [0.2, 0.25) is 0 Å². The number of carbonyl (C=O) groups is 1. The summed E-state index contributed by atoms with van der Waals surface area (Å²) in [4.78, 5) is 18.5. The molecule has 8 heteroatoms. The van der Waals surface area contributed by atoms with Gasteiger partial charge in [-0.25, -0.2) is 4.79 Å². The predicted molar refractivity (Wildman–Crippen MR) is 114 cm³/mol. The van der Waals surface area contributed by atoms with Crippen molar-refractivity contribution in [2.45, 2.75) is 77.7 Å². The number of hydrogen-bond donors (Lipinski definition) is 2. The molecule has 2 aliphatic heterocycles. The monoisotopic (exact) mass is 482 g/mol. The van der Waals surface area contributed by atoms with E-state index in [9.17, 15) is 4.79 Å². The summed E-state index contributed by atoms with van der Waals surface area (Å²) < 4.78 is 11.3. The normalized spacial score (nSPS) is 24.8. The number of aliphatic imine (C=N–C) groups is 1. The Morgan fingerprint density at radius 3 is 2.54 bits per heavy atom. The van der Waals surface area contributed by atoms with Crippen LogP contribution in [0.1, 0.15) is 53.9 Å². The van der Waals surface area contributed by atoms with Crippen LogP contribution < -0.4 is 10.6 Å². The maximum atomic E-state index is 12.2. The van der Waals surface area contributed by atoms with E-state index in [1.807, 2.05) is 34.6 Å². The molecule has 0 aromatic carbocycles. The van der Waals surface area contributed by atoms with E-state index >= 15 is 0 Å². The lowest BCUT2D eigenvalue weighted by Crippen LogP contribution is -2.47. The summed E-state index contributed by atoms with van der Waals surface area (Å²) in [7, 11) is 0. The summed E-state index contributed by atoms with van der Waals surface area (Å²) in [6.45, 7) is 12.1.